The second kappa shape index (κ2) is 7.15. The van der Waals surface area contributed by atoms with Crippen molar-refractivity contribution in [3.63, 3.8) is 0 Å². The van der Waals surface area contributed by atoms with Gasteiger partial charge in [-0.1, -0.05) is 6.92 Å². The third-order valence-corrected chi connectivity index (χ3v) is 5.43. The summed E-state index contributed by atoms with van der Waals surface area (Å²) in [7, 11) is -2.83. The van der Waals surface area contributed by atoms with E-state index in [9.17, 15) is 8.42 Å². The molecule has 1 aliphatic heterocycles. The predicted octanol–water partition coefficient (Wildman–Crippen LogP) is 0.680. The topological polar surface area (TPSA) is 62.3 Å². The molecule has 1 aromatic rings. The minimum Gasteiger partial charge on any atom is -0.312 e. The van der Waals surface area contributed by atoms with Crippen molar-refractivity contribution in [1.29, 1.82) is 0 Å². The molecule has 20 heavy (non-hydrogen) atoms. The monoisotopic (exact) mass is 297 g/mol. The smallest absolute Gasteiger partial charge is 0.153 e. The Balaban J connectivity index is 1.82. The first-order valence-electron chi connectivity index (χ1n) is 7.14. The normalized spacial score (nSPS) is 22.0. The number of pyridine rings is 1. The van der Waals surface area contributed by atoms with Crippen LogP contribution in [0.3, 0.4) is 0 Å². The van der Waals surface area contributed by atoms with Crippen molar-refractivity contribution in [2.24, 2.45) is 0 Å². The maximum Gasteiger partial charge on any atom is 0.153 e. The van der Waals surface area contributed by atoms with E-state index in [-0.39, 0.29) is 17.5 Å². The number of nitrogens with zero attached hydrogens (tertiary/aromatic N) is 2. The zero-order valence-electron chi connectivity index (χ0n) is 12.0. The summed E-state index contributed by atoms with van der Waals surface area (Å²) in [4.78, 5) is 6.35. The van der Waals surface area contributed by atoms with E-state index in [1.807, 2.05) is 12.1 Å². The van der Waals surface area contributed by atoms with Gasteiger partial charge in [-0.3, -0.25) is 9.88 Å². The van der Waals surface area contributed by atoms with Crippen molar-refractivity contribution in [3.05, 3.63) is 30.1 Å². The molecule has 6 heteroatoms. The van der Waals surface area contributed by atoms with Crippen LogP contribution < -0.4 is 5.32 Å². The Morgan fingerprint density at radius 2 is 2.15 bits per heavy atom. The minimum absolute atomic E-state index is 0.0974. The number of hydrogen-bond acceptors (Lipinski definition) is 5. The molecule has 112 valence electrons. The first kappa shape index (κ1) is 15.4. The molecule has 0 aromatic carbocycles. The Morgan fingerprint density at radius 3 is 2.80 bits per heavy atom. The SMILES string of the molecule is CCN(CCC1CS(=O)(=O)CCN1)Cc1ccncc1. The number of nitrogens with one attached hydrogen (secondary N) is 1. The molecule has 0 aliphatic carbocycles. The number of hydrogen-bond donors (Lipinski definition) is 1. The third-order valence-electron chi connectivity index (χ3n) is 3.70. The molecule has 0 saturated carbocycles. The van der Waals surface area contributed by atoms with Gasteiger partial charge in [0.05, 0.1) is 11.5 Å². The molecule has 2 rings (SSSR count). The lowest BCUT2D eigenvalue weighted by Crippen LogP contribution is -2.46. The molecule has 1 fully saturated rings. The van der Waals surface area contributed by atoms with Crippen LogP contribution in [0.4, 0.5) is 0 Å². The number of rotatable bonds is 6. The van der Waals surface area contributed by atoms with Crippen molar-refractivity contribution in [2.45, 2.75) is 25.9 Å². The summed E-state index contributed by atoms with van der Waals surface area (Å²) in [5.41, 5.74) is 1.24. The summed E-state index contributed by atoms with van der Waals surface area (Å²) >= 11 is 0. The quantitative estimate of drug-likeness (QED) is 0.836. The van der Waals surface area contributed by atoms with Gasteiger partial charge in [0, 0.05) is 31.5 Å². The Labute approximate surface area is 121 Å². The predicted molar refractivity (Wildman–Crippen MR) is 80.2 cm³/mol. The Hall–Kier alpha value is -0.980. The maximum absolute atomic E-state index is 11.6. The summed E-state index contributed by atoms with van der Waals surface area (Å²) in [6.07, 6.45) is 4.48. The molecule has 0 bridgehead atoms. The van der Waals surface area contributed by atoms with E-state index in [1.165, 1.54) is 5.56 Å². The molecule has 1 saturated heterocycles. The molecule has 0 radical (unpaired) electrons. The zero-order chi connectivity index (χ0) is 14.4. The van der Waals surface area contributed by atoms with Gasteiger partial charge in [-0.15, -0.1) is 0 Å². The van der Waals surface area contributed by atoms with Gasteiger partial charge in [-0.2, -0.15) is 0 Å². The fourth-order valence-corrected chi connectivity index (χ4v) is 3.98. The molecule has 0 amide bonds. The highest BCUT2D eigenvalue weighted by atomic mass is 32.2. The van der Waals surface area contributed by atoms with Gasteiger partial charge in [-0.25, -0.2) is 8.42 Å². The van der Waals surface area contributed by atoms with Crippen molar-refractivity contribution < 1.29 is 8.42 Å². The zero-order valence-corrected chi connectivity index (χ0v) is 12.8. The van der Waals surface area contributed by atoms with Crippen molar-refractivity contribution >= 4 is 9.84 Å². The van der Waals surface area contributed by atoms with Crippen LogP contribution in [0, 0.1) is 0 Å². The number of aromatic nitrogens is 1. The molecule has 1 N–H and O–H groups in total. The van der Waals surface area contributed by atoms with E-state index >= 15 is 0 Å². The second-order valence-corrected chi connectivity index (χ2v) is 7.51. The minimum atomic E-state index is -2.83. The lowest BCUT2D eigenvalue weighted by atomic mass is 10.2. The molecule has 0 spiro atoms. The van der Waals surface area contributed by atoms with Crippen LogP contribution >= 0.6 is 0 Å². The first-order chi connectivity index (χ1) is 9.59. The molecule has 5 nitrogen and oxygen atoms in total. The molecule has 1 aliphatic rings. The van der Waals surface area contributed by atoms with Gasteiger partial charge >= 0.3 is 0 Å². The largest absolute Gasteiger partial charge is 0.312 e. The Bertz CT molecular complexity index is 504. The van der Waals surface area contributed by atoms with E-state index < -0.39 is 9.84 Å². The molecule has 2 heterocycles. The summed E-state index contributed by atoms with van der Waals surface area (Å²) in [6.45, 7) is 5.47. The lowest BCUT2D eigenvalue weighted by molar-refractivity contribution is 0.263. The first-order valence-corrected chi connectivity index (χ1v) is 8.96. The average molecular weight is 297 g/mol. The van der Waals surface area contributed by atoms with Gasteiger partial charge < -0.3 is 5.32 Å². The van der Waals surface area contributed by atoms with Gasteiger partial charge in [0.25, 0.3) is 0 Å². The molecule has 1 unspecified atom stereocenters. The maximum atomic E-state index is 11.6. The molecule has 1 atom stereocenters. The summed E-state index contributed by atoms with van der Waals surface area (Å²) in [5, 5.41) is 3.30. The van der Waals surface area contributed by atoms with Crippen molar-refractivity contribution in [2.75, 3.05) is 31.1 Å². The van der Waals surface area contributed by atoms with Crippen LogP contribution in [0.1, 0.15) is 18.9 Å². The van der Waals surface area contributed by atoms with E-state index in [2.05, 4.69) is 22.1 Å². The van der Waals surface area contributed by atoms with E-state index in [0.29, 0.717) is 6.54 Å². The molecule has 1 aromatic heterocycles. The van der Waals surface area contributed by atoms with Crippen LogP contribution in [0.25, 0.3) is 0 Å². The number of sulfone groups is 1. The lowest BCUT2D eigenvalue weighted by Gasteiger charge is -2.27. The highest BCUT2D eigenvalue weighted by Gasteiger charge is 2.24. The van der Waals surface area contributed by atoms with Gasteiger partial charge in [0.2, 0.25) is 0 Å². The van der Waals surface area contributed by atoms with Crippen LogP contribution in [0.5, 0.6) is 0 Å². The van der Waals surface area contributed by atoms with E-state index in [1.54, 1.807) is 12.4 Å². The summed E-state index contributed by atoms with van der Waals surface area (Å²) in [6, 6.07) is 4.14. The second-order valence-electron chi connectivity index (χ2n) is 5.28. The van der Waals surface area contributed by atoms with Crippen LogP contribution in [0.15, 0.2) is 24.5 Å². The van der Waals surface area contributed by atoms with Crippen LogP contribution in [-0.4, -0.2) is 55.5 Å². The van der Waals surface area contributed by atoms with E-state index in [4.69, 9.17) is 0 Å². The Morgan fingerprint density at radius 1 is 1.40 bits per heavy atom. The third kappa shape index (κ3) is 4.85. The van der Waals surface area contributed by atoms with Crippen LogP contribution in [-0.2, 0) is 16.4 Å². The van der Waals surface area contributed by atoms with Crippen LogP contribution in [0.2, 0.25) is 0 Å². The van der Waals surface area contributed by atoms with E-state index in [0.717, 1.165) is 26.1 Å². The van der Waals surface area contributed by atoms with Crippen molar-refractivity contribution in [1.82, 2.24) is 15.2 Å². The van der Waals surface area contributed by atoms with Crippen molar-refractivity contribution in [3.8, 4) is 0 Å². The highest BCUT2D eigenvalue weighted by Crippen LogP contribution is 2.08. The summed E-state index contributed by atoms with van der Waals surface area (Å²) in [5.74, 6) is 0.553. The standard InChI is InChI=1S/C14H23N3O2S/c1-2-17(11-13-3-6-15-7-4-13)9-5-14-12-20(18,19)10-8-16-14/h3-4,6-7,14,16H,2,5,8-12H2,1H3. The van der Waals surface area contributed by atoms with Gasteiger partial charge in [0.1, 0.15) is 0 Å². The summed E-state index contributed by atoms with van der Waals surface area (Å²) < 4.78 is 23.2. The van der Waals surface area contributed by atoms with Gasteiger partial charge in [-0.05, 0) is 37.2 Å². The van der Waals surface area contributed by atoms with Gasteiger partial charge in [0.15, 0.2) is 9.84 Å². The fourth-order valence-electron chi connectivity index (χ4n) is 2.49. The fraction of sp³-hybridized carbons (Fsp3) is 0.643. The highest BCUT2D eigenvalue weighted by molar-refractivity contribution is 7.91. The molecular weight excluding hydrogens is 274 g/mol. The Kier molecular flexibility index (Phi) is 5.51. The average Bonchev–Trinajstić information content (AvgIpc) is 2.43. The molecular formula is C14H23N3O2S.